The lowest BCUT2D eigenvalue weighted by molar-refractivity contribution is 0.102. The number of nitrogens with one attached hydrogen (secondary N) is 1. The Kier molecular flexibility index (Phi) is 4.78. The third-order valence-electron chi connectivity index (χ3n) is 4.65. The maximum atomic E-state index is 10.1. The van der Waals surface area contributed by atoms with Crippen LogP contribution in [0.5, 0.6) is 5.75 Å². The second-order valence-corrected chi connectivity index (χ2v) is 6.33. The number of aryl methyl sites for hydroxylation is 1. The second-order valence-electron chi connectivity index (χ2n) is 6.33. The first kappa shape index (κ1) is 14.8. The van der Waals surface area contributed by atoms with E-state index in [1.807, 2.05) is 31.2 Å². The second kappa shape index (κ2) is 6.77. The van der Waals surface area contributed by atoms with Crippen molar-refractivity contribution < 1.29 is 9.84 Å². The van der Waals surface area contributed by atoms with Crippen molar-refractivity contribution in [3.8, 4) is 5.75 Å². The van der Waals surface area contributed by atoms with E-state index in [2.05, 4.69) is 10.2 Å². The first-order valence-corrected chi connectivity index (χ1v) is 8.07. The summed E-state index contributed by atoms with van der Waals surface area (Å²) in [4.78, 5) is 2.58. The molecule has 0 spiro atoms. The summed E-state index contributed by atoms with van der Waals surface area (Å²) < 4.78 is 5.65. The van der Waals surface area contributed by atoms with E-state index in [-0.39, 0.29) is 0 Å². The molecule has 1 aromatic rings. The number of benzene rings is 1. The van der Waals surface area contributed by atoms with Gasteiger partial charge in [-0.1, -0.05) is 12.1 Å². The molecule has 0 aliphatic carbocycles. The quantitative estimate of drug-likeness (QED) is 0.834. The number of aliphatic hydroxyl groups excluding tert-OH is 1. The molecule has 0 aromatic heterocycles. The molecule has 2 N–H and O–H groups in total. The van der Waals surface area contributed by atoms with Crippen LogP contribution < -0.4 is 10.1 Å². The van der Waals surface area contributed by atoms with E-state index in [9.17, 15) is 5.11 Å². The van der Waals surface area contributed by atoms with Crippen LogP contribution in [0.25, 0.3) is 0 Å². The van der Waals surface area contributed by atoms with Crippen LogP contribution in [0.4, 0.5) is 0 Å². The van der Waals surface area contributed by atoms with E-state index < -0.39 is 6.10 Å². The average molecular weight is 290 g/mol. The fourth-order valence-electron chi connectivity index (χ4n) is 3.56. The van der Waals surface area contributed by atoms with Gasteiger partial charge < -0.3 is 15.2 Å². The number of ether oxygens (including phenoxy) is 1. The van der Waals surface area contributed by atoms with Gasteiger partial charge in [-0.25, -0.2) is 0 Å². The predicted molar refractivity (Wildman–Crippen MR) is 83.7 cm³/mol. The van der Waals surface area contributed by atoms with Gasteiger partial charge in [0, 0.05) is 25.2 Å². The minimum atomic E-state index is -0.457. The van der Waals surface area contributed by atoms with Crippen molar-refractivity contribution in [2.45, 2.75) is 44.4 Å². The maximum absolute atomic E-state index is 10.1. The van der Waals surface area contributed by atoms with Crippen molar-refractivity contribution >= 4 is 0 Å². The standard InChI is InChI=1S/C17H26N2O2/c1-13-4-2-5-15(10-13)21-12-14(20)11-18-16-7-9-19-8-3-6-17(16)19/h2,4-5,10,14,16-18,20H,3,6-9,11-12H2,1H3. The zero-order valence-corrected chi connectivity index (χ0v) is 12.8. The lowest BCUT2D eigenvalue weighted by atomic mass is 10.1. The SMILES string of the molecule is Cc1cccc(OCC(O)CNC2CCN3CCCC23)c1. The zero-order valence-electron chi connectivity index (χ0n) is 12.8. The van der Waals surface area contributed by atoms with Gasteiger partial charge in [-0.2, -0.15) is 0 Å². The molecule has 0 saturated carbocycles. The minimum Gasteiger partial charge on any atom is -0.491 e. The number of hydrogen-bond donors (Lipinski definition) is 2. The Labute approximate surface area is 127 Å². The summed E-state index contributed by atoms with van der Waals surface area (Å²) in [6.45, 7) is 5.46. The van der Waals surface area contributed by atoms with Crippen LogP contribution in [0, 0.1) is 6.92 Å². The highest BCUT2D eigenvalue weighted by molar-refractivity contribution is 5.27. The van der Waals surface area contributed by atoms with Crippen molar-refractivity contribution in [2.75, 3.05) is 26.2 Å². The number of aliphatic hydroxyl groups is 1. The fourth-order valence-corrected chi connectivity index (χ4v) is 3.56. The molecular formula is C17H26N2O2. The summed E-state index contributed by atoms with van der Waals surface area (Å²) in [5.41, 5.74) is 1.17. The van der Waals surface area contributed by atoms with Crippen molar-refractivity contribution in [1.29, 1.82) is 0 Å². The summed E-state index contributed by atoms with van der Waals surface area (Å²) >= 11 is 0. The summed E-state index contributed by atoms with van der Waals surface area (Å²) in [7, 11) is 0. The lowest BCUT2D eigenvalue weighted by Crippen LogP contribution is -2.43. The molecule has 2 fully saturated rings. The van der Waals surface area contributed by atoms with Crippen LogP contribution in [-0.4, -0.2) is 54.4 Å². The molecule has 2 aliphatic rings. The van der Waals surface area contributed by atoms with Gasteiger partial charge in [0.2, 0.25) is 0 Å². The van der Waals surface area contributed by atoms with Gasteiger partial charge in [-0.05, 0) is 50.4 Å². The molecule has 3 unspecified atom stereocenters. The molecular weight excluding hydrogens is 264 g/mol. The van der Waals surface area contributed by atoms with E-state index in [1.165, 1.54) is 37.9 Å². The third kappa shape index (κ3) is 3.76. The summed E-state index contributed by atoms with van der Waals surface area (Å²) in [5.74, 6) is 0.830. The van der Waals surface area contributed by atoms with E-state index in [4.69, 9.17) is 4.74 Å². The number of nitrogens with zero attached hydrogens (tertiary/aromatic N) is 1. The molecule has 2 heterocycles. The average Bonchev–Trinajstić information content (AvgIpc) is 3.06. The lowest BCUT2D eigenvalue weighted by Gasteiger charge is -2.22. The number of hydrogen-bond acceptors (Lipinski definition) is 4. The first-order chi connectivity index (χ1) is 10.2. The summed E-state index contributed by atoms with van der Waals surface area (Å²) in [6, 6.07) is 9.17. The Morgan fingerprint density at radius 1 is 1.38 bits per heavy atom. The Hall–Kier alpha value is -1.10. The highest BCUT2D eigenvalue weighted by Crippen LogP contribution is 2.27. The Balaban J connectivity index is 1.39. The van der Waals surface area contributed by atoms with Gasteiger partial charge in [0.05, 0.1) is 0 Å². The molecule has 1 aromatic carbocycles. The molecule has 116 valence electrons. The molecule has 2 aliphatic heterocycles. The normalized spacial score (nSPS) is 26.8. The van der Waals surface area contributed by atoms with E-state index >= 15 is 0 Å². The van der Waals surface area contributed by atoms with Gasteiger partial charge in [-0.15, -0.1) is 0 Å². The number of fused-ring (bicyclic) bond motifs is 1. The largest absolute Gasteiger partial charge is 0.491 e. The minimum absolute atomic E-state index is 0.345. The first-order valence-electron chi connectivity index (χ1n) is 8.07. The molecule has 2 saturated heterocycles. The van der Waals surface area contributed by atoms with E-state index in [0.29, 0.717) is 25.2 Å². The zero-order chi connectivity index (χ0) is 14.7. The van der Waals surface area contributed by atoms with Crippen molar-refractivity contribution in [3.63, 3.8) is 0 Å². The van der Waals surface area contributed by atoms with Crippen molar-refractivity contribution in [2.24, 2.45) is 0 Å². The monoisotopic (exact) mass is 290 g/mol. The van der Waals surface area contributed by atoms with E-state index in [1.54, 1.807) is 0 Å². The Morgan fingerprint density at radius 3 is 3.14 bits per heavy atom. The highest BCUT2D eigenvalue weighted by atomic mass is 16.5. The van der Waals surface area contributed by atoms with Gasteiger partial charge in [0.25, 0.3) is 0 Å². The molecule has 0 amide bonds. The summed E-state index contributed by atoms with van der Waals surface area (Å²) in [6.07, 6.45) is 3.37. The summed E-state index contributed by atoms with van der Waals surface area (Å²) in [5, 5.41) is 13.6. The van der Waals surface area contributed by atoms with Crippen LogP contribution in [0.15, 0.2) is 24.3 Å². The van der Waals surface area contributed by atoms with Crippen LogP contribution in [-0.2, 0) is 0 Å². The highest BCUT2D eigenvalue weighted by Gasteiger charge is 2.36. The molecule has 4 heteroatoms. The number of rotatable bonds is 6. The van der Waals surface area contributed by atoms with Gasteiger partial charge >= 0.3 is 0 Å². The van der Waals surface area contributed by atoms with Gasteiger partial charge in [0.15, 0.2) is 0 Å². The maximum Gasteiger partial charge on any atom is 0.119 e. The molecule has 4 nitrogen and oxygen atoms in total. The van der Waals surface area contributed by atoms with Crippen LogP contribution in [0.2, 0.25) is 0 Å². The molecule has 21 heavy (non-hydrogen) atoms. The third-order valence-corrected chi connectivity index (χ3v) is 4.65. The fraction of sp³-hybridized carbons (Fsp3) is 0.647. The Bertz CT molecular complexity index is 466. The van der Waals surface area contributed by atoms with Gasteiger partial charge in [0.1, 0.15) is 18.5 Å². The molecule has 3 atom stereocenters. The molecule has 3 rings (SSSR count). The van der Waals surface area contributed by atoms with E-state index in [0.717, 1.165) is 5.75 Å². The predicted octanol–water partition coefficient (Wildman–Crippen LogP) is 1.56. The smallest absolute Gasteiger partial charge is 0.119 e. The van der Waals surface area contributed by atoms with Crippen molar-refractivity contribution in [3.05, 3.63) is 29.8 Å². The Morgan fingerprint density at radius 2 is 2.29 bits per heavy atom. The van der Waals surface area contributed by atoms with Gasteiger partial charge in [-0.3, -0.25) is 4.90 Å². The topological polar surface area (TPSA) is 44.7 Å². The van der Waals surface area contributed by atoms with Crippen LogP contribution in [0.3, 0.4) is 0 Å². The molecule has 0 bridgehead atoms. The van der Waals surface area contributed by atoms with Crippen LogP contribution >= 0.6 is 0 Å². The van der Waals surface area contributed by atoms with Crippen LogP contribution in [0.1, 0.15) is 24.8 Å². The molecule has 0 radical (unpaired) electrons. The van der Waals surface area contributed by atoms with Crippen molar-refractivity contribution in [1.82, 2.24) is 10.2 Å².